The molecule has 5 heteroatoms. The molecule has 1 N–H and O–H groups in total. The standard InChI is InChI=1S/C10H11ClINO2/c1-15-10-7(11)4-5-9(13-10)8(12)3-2-6-14/h3-5,14H,2,6H2,1H3. The summed E-state index contributed by atoms with van der Waals surface area (Å²) in [7, 11) is 1.53. The zero-order valence-corrected chi connectivity index (χ0v) is 11.1. The van der Waals surface area contributed by atoms with E-state index in [9.17, 15) is 0 Å². The van der Waals surface area contributed by atoms with E-state index in [1.807, 2.05) is 12.1 Å². The van der Waals surface area contributed by atoms with Gasteiger partial charge in [-0.15, -0.1) is 0 Å². The number of hydrogen-bond donors (Lipinski definition) is 1. The number of aliphatic hydroxyl groups is 1. The maximum atomic E-state index is 8.69. The van der Waals surface area contributed by atoms with E-state index < -0.39 is 0 Å². The van der Waals surface area contributed by atoms with Crippen molar-refractivity contribution in [1.82, 2.24) is 4.98 Å². The summed E-state index contributed by atoms with van der Waals surface area (Å²) >= 11 is 8.02. The molecule has 0 aliphatic rings. The number of aromatic nitrogens is 1. The number of methoxy groups -OCH3 is 1. The molecule has 0 atom stereocenters. The Bertz CT molecular complexity index is 368. The van der Waals surface area contributed by atoms with Crippen LogP contribution in [0.15, 0.2) is 18.2 Å². The van der Waals surface area contributed by atoms with Crippen LogP contribution in [-0.2, 0) is 0 Å². The van der Waals surface area contributed by atoms with E-state index in [0.29, 0.717) is 17.3 Å². The second kappa shape index (κ2) is 6.30. The summed E-state index contributed by atoms with van der Waals surface area (Å²) in [6, 6.07) is 3.56. The van der Waals surface area contributed by atoms with E-state index in [1.54, 1.807) is 6.07 Å². The normalized spacial score (nSPS) is 11.6. The third-order valence-electron chi connectivity index (χ3n) is 1.70. The van der Waals surface area contributed by atoms with Gasteiger partial charge in [-0.25, -0.2) is 4.98 Å². The van der Waals surface area contributed by atoms with Crippen LogP contribution in [0.1, 0.15) is 12.1 Å². The minimum Gasteiger partial charge on any atom is -0.480 e. The number of ether oxygens (including phenoxy) is 1. The Balaban J connectivity index is 2.95. The molecule has 0 saturated carbocycles. The van der Waals surface area contributed by atoms with Crippen LogP contribution in [0.4, 0.5) is 0 Å². The number of aliphatic hydroxyl groups excluding tert-OH is 1. The van der Waals surface area contributed by atoms with Crippen molar-refractivity contribution in [2.24, 2.45) is 0 Å². The van der Waals surface area contributed by atoms with Crippen LogP contribution < -0.4 is 4.74 Å². The molecule has 0 aromatic carbocycles. The van der Waals surface area contributed by atoms with Gasteiger partial charge in [0.1, 0.15) is 5.02 Å². The van der Waals surface area contributed by atoms with Crippen LogP contribution in [-0.4, -0.2) is 23.8 Å². The molecular weight excluding hydrogens is 328 g/mol. The molecule has 0 amide bonds. The Morgan fingerprint density at radius 2 is 2.40 bits per heavy atom. The monoisotopic (exact) mass is 339 g/mol. The van der Waals surface area contributed by atoms with E-state index in [0.717, 1.165) is 9.27 Å². The Labute approximate surface area is 107 Å². The minimum absolute atomic E-state index is 0.136. The van der Waals surface area contributed by atoms with Crippen molar-refractivity contribution in [1.29, 1.82) is 0 Å². The molecule has 1 aromatic heterocycles. The predicted octanol–water partition coefficient (Wildman–Crippen LogP) is 2.90. The van der Waals surface area contributed by atoms with E-state index >= 15 is 0 Å². The van der Waals surface area contributed by atoms with Crippen LogP contribution >= 0.6 is 34.2 Å². The molecule has 15 heavy (non-hydrogen) atoms. The van der Waals surface area contributed by atoms with Crippen molar-refractivity contribution in [2.75, 3.05) is 13.7 Å². The van der Waals surface area contributed by atoms with Gasteiger partial charge in [0.2, 0.25) is 5.88 Å². The first-order chi connectivity index (χ1) is 7.19. The summed E-state index contributed by atoms with van der Waals surface area (Å²) in [6.07, 6.45) is 2.53. The Morgan fingerprint density at radius 1 is 1.67 bits per heavy atom. The lowest BCUT2D eigenvalue weighted by Crippen LogP contribution is -1.92. The Hall–Kier alpha value is -0.330. The molecule has 3 nitrogen and oxygen atoms in total. The van der Waals surface area contributed by atoms with Crippen molar-refractivity contribution in [3.05, 3.63) is 28.9 Å². The average Bonchev–Trinajstić information content (AvgIpc) is 2.26. The summed E-state index contributed by atoms with van der Waals surface area (Å²) in [5.74, 6) is 0.417. The maximum absolute atomic E-state index is 8.69. The van der Waals surface area contributed by atoms with Crippen LogP contribution in [0.5, 0.6) is 5.88 Å². The molecule has 0 aliphatic carbocycles. The molecule has 0 unspecified atom stereocenters. The van der Waals surface area contributed by atoms with E-state index in [-0.39, 0.29) is 6.61 Å². The van der Waals surface area contributed by atoms with Crippen molar-refractivity contribution in [3.8, 4) is 5.88 Å². The predicted molar refractivity (Wildman–Crippen MR) is 69.5 cm³/mol. The molecule has 0 radical (unpaired) electrons. The topological polar surface area (TPSA) is 42.4 Å². The van der Waals surface area contributed by atoms with Gasteiger partial charge in [0.15, 0.2) is 0 Å². The van der Waals surface area contributed by atoms with E-state index in [2.05, 4.69) is 27.6 Å². The second-order valence-corrected chi connectivity index (χ2v) is 4.32. The third-order valence-corrected chi connectivity index (χ3v) is 2.99. The third kappa shape index (κ3) is 3.62. The molecule has 1 aromatic rings. The van der Waals surface area contributed by atoms with Gasteiger partial charge in [-0.1, -0.05) is 17.7 Å². The van der Waals surface area contributed by atoms with Crippen LogP contribution in [0.25, 0.3) is 3.58 Å². The molecule has 1 heterocycles. The van der Waals surface area contributed by atoms with Crippen LogP contribution in [0.2, 0.25) is 5.02 Å². The summed E-state index contributed by atoms with van der Waals surface area (Å²) in [5.41, 5.74) is 0.797. The fourth-order valence-corrected chi connectivity index (χ4v) is 1.79. The SMILES string of the molecule is COc1nc(C(I)=CCCO)ccc1Cl. The lowest BCUT2D eigenvalue weighted by atomic mass is 10.3. The highest BCUT2D eigenvalue weighted by atomic mass is 127. The average molecular weight is 340 g/mol. The fraction of sp³-hybridized carbons (Fsp3) is 0.300. The molecule has 0 saturated heterocycles. The lowest BCUT2D eigenvalue weighted by Gasteiger charge is -2.04. The summed E-state index contributed by atoms with van der Waals surface area (Å²) < 4.78 is 5.99. The molecule has 1 rings (SSSR count). The highest BCUT2D eigenvalue weighted by Gasteiger charge is 2.05. The Morgan fingerprint density at radius 3 is 3.00 bits per heavy atom. The molecule has 0 bridgehead atoms. The zero-order chi connectivity index (χ0) is 11.3. The van der Waals surface area contributed by atoms with Gasteiger partial charge < -0.3 is 9.84 Å². The van der Waals surface area contributed by atoms with Crippen LogP contribution in [0, 0.1) is 0 Å². The number of nitrogens with zero attached hydrogens (tertiary/aromatic N) is 1. The molecule has 82 valence electrons. The highest BCUT2D eigenvalue weighted by Crippen LogP contribution is 2.27. The summed E-state index contributed by atoms with van der Waals surface area (Å²) in [4.78, 5) is 4.23. The molecule has 0 fully saturated rings. The molecule has 0 spiro atoms. The van der Waals surface area contributed by atoms with Gasteiger partial charge in [0.05, 0.1) is 12.8 Å². The quantitative estimate of drug-likeness (QED) is 0.858. The van der Waals surface area contributed by atoms with Gasteiger partial charge in [0.25, 0.3) is 0 Å². The van der Waals surface area contributed by atoms with E-state index in [4.69, 9.17) is 21.4 Å². The first kappa shape index (κ1) is 12.7. The second-order valence-electron chi connectivity index (χ2n) is 2.75. The number of halogens is 2. The largest absolute Gasteiger partial charge is 0.480 e. The Kier molecular flexibility index (Phi) is 5.35. The van der Waals surface area contributed by atoms with Crippen molar-refractivity contribution in [2.45, 2.75) is 6.42 Å². The maximum Gasteiger partial charge on any atom is 0.232 e. The van der Waals surface area contributed by atoms with Crippen LogP contribution in [0.3, 0.4) is 0 Å². The first-order valence-corrected chi connectivity index (χ1v) is 5.82. The van der Waals surface area contributed by atoms with Gasteiger partial charge in [-0.2, -0.15) is 0 Å². The van der Waals surface area contributed by atoms with Crippen molar-refractivity contribution in [3.63, 3.8) is 0 Å². The van der Waals surface area contributed by atoms with Crippen molar-refractivity contribution < 1.29 is 9.84 Å². The van der Waals surface area contributed by atoms with E-state index in [1.165, 1.54) is 7.11 Å². The zero-order valence-electron chi connectivity index (χ0n) is 8.20. The summed E-state index contributed by atoms with van der Waals surface area (Å²) in [5, 5.41) is 9.19. The number of pyridine rings is 1. The molecular formula is C10H11ClINO2. The smallest absolute Gasteiger partial charge is 0.232 e. The lowest BCUT2D eigenvalue weighted by molar-refractivity contribution is 0.303. The number of hydrogen-bond acceptors (Lipinski definition) is 3. The van der Waals surface area contributed by atoms with Gasteiger partial charge in [-0.05, 0) is 41.1 Å². The van der Waals surface area contributed by atoms with Gasteiger partial charge in [-0.3, -0.25) is 0 Å². The van der Waals surface area contributed by atoms with Gasteiger partial charge in [0, 0.05) is 10.2 Å². The van der Waals surface area contributed by atoms with Gasteiger partial charge >= 0.3 is 0 Å². The fourth-order valence-electron chi connectivity index (χ4n) is 0.995. The minimum atomic E-state index is 0.136. The first-order valence-electron chi connectivity index (χ1n) is 4.36. The number of rotatable bonds is 4. The highest BCUT2D eigenvalue weighted by molar-refractivity contribution is 14.1. The van der Waals surface area contributed by atoms with Crippen molar-refractivity contribution >= 4 is 37.8 Å². The molecule has 0 aliphatic heterocycles. The summed E-state index contributed by atoms with van der Waals surface area (Å²) in [6.45, 7) is 0.136.